The first-order chi connectivity index (χ1) is 8.95. The smallest absolute Gasteiger partial charge is 0.256 e. The van der Waals surface area contributed by atoms with Crippen LogP contribution in [-0.4, -0.2) is 18.2 Å². The second-order valence-electron chi connectivity index (χ2n) is 5.27. The summed E-state index contributed by atoms with van der Waals surface area (Å²) in [5, 5.41) is 5.99. The molecule has 1 aliphatic heterocycles. The molecule has 1 aliphatic rings. The molecular weight excluding hydrogens is 238 g/mol. The number of carbonyl (C=O) groups is 1. The van der Waals surface area contributed by atoms with Gasteiger partial charge in [0.15, 0.2) is 0 Å². The lowest BCUT2D eigenvalue weighted by Gasteiger charge is -2.19. The zero-order chi connectivity index (χ0) is 14.2. The minimum atomic E-state index is -0.162. The van der Waals surface area contributed by atoms with Gasteiger partial charge in [0.2, 0.25) is 0 Å². The number of amides is 1. The number of nitrogens with two attached hydrogens (primary N) is 1. The normalized spacial score (nSPS) is 19.0. The van der Waals surface area contributed by atoms with E-state index in [0.717, 1.165) is 22.5 Å². The Kier molecular flexibility index (Phi) is 3.71. The molecule has 0 spiro atoms. The van der Waals surface area contributed by atoms with E-state index in [2.05, 4.69) is 24.2 Å². The summed E-state index contributed by atoms with van der Waals surface area (Å²) in [6.45, 7) is 8.49. The maximum absolute atomic E-state index is 12.5. The minimum absolute atomic E-state index is 0.0398. The molecule has 2 rings (SSSR count). The fraction of sp³-hybridized carbons (Fsp3) is 0.467. The average molecular weight is 259 g/mol. The van der Waals surface area contributed by atoms with Crippen LogP contribution in [0.1, 0.15) is 30.0 Å². The highest BCUT2D eigenvalue weighted by molar-refractivity contribution is 6.15. The van der Waals surface area contributed by atoms with Crippen LogP contribution in [0.5, 0.6) is 0 Å². The van der Waals surface area contributed by atoms with Gasteiger partial charge in [-0.15, -0.1) is 0 Å². The number of rotatable bonds is 3. The molecule has 1 aromatic rings. The standard InChI is InChI=1S/C15H21N3O/c1-9-7-10(2)14(11(3)8-9)18-15(19)13(5-6-16)12(4)17-18/h7-8,13H,5-6,16H2,1-4H3. The fourth-order valence-corrected chi connectivity index (χ4v) is 2.77. The number of carbonyl (C=O) groups excluding carboxylic acids is 1. The Morgan fingerprint density at radius 1 is 1.21 bits per heavy atom. The third-order valence-electron chi connectivity index (χ3n) is 3.57. The van der Waals surface area contributed by atoms with E-state index in [9.17, 15) is 4.79 Å². The van der Waals surface area contributed by atoms with Crippen LogP contribution in [0.25, 0.3) is 0 Å². The molecule has 1 aromatic carbocycles. The van der Waals surface area contributed by atoms with Gasteiger partial charge in [-0.1, -0.05) is 17.7 Å². The zero-order valence-corrected chi connectivity index (χ0v) is 12.0. The lowest BCUT2D eigenvalue weighted by atomic mass is 9.99. The number of hydrazone groups is 1. The Morgan fingerprint density at radius 3 is 2.32 bits per heavy atom. The van der Waals surface area contributed by atoms with Gasteiger partial charge in [-0.25, -0.2) is 0 Å². The molecule has 1 atom stereocenters. The van der Waals surface area contributed by atoms with Crippen LogP contribution >= 0.6 is 0 Å². The summed E-state index contributed by atoms with van der Waals surface area (Å²) in [6.07, 6.45) is 0.661. The highest BCUT2D eigenvalue weighted by atomic mass is 16.2. The van der Waals surface area contributed by atoms with E-state index in [1.807, 2.05) is 20.8 Å². The highest BCUT2D eigenvalue weighted by Gasteiger charge is 2.34. The summed E-state index contributed by atoms with van der Waals surface area (Å²) < 4.78 is 0. The predicted molar refractivity (Wildman–Crippen MR) is 78.4 cm³/mol. The van der Waals surface area contributed by atoms with Gasteiger partial charge >= 0.3 is 0 Å². The fourth-order valence-electron chi connectivity index (χ4n) is 2.77. The molecule has 102 valence electrons. The topological polar surface area (TPSA) is 58.7 Å². The Balaban J connectivity index is 2.42. The van der Waals surface area contributed by atoms with Gasteiger partial charge in [0, 0.05) is 5.71 Å². The number of nitrogens with zero attached hydrogens (tertiary/aromatic N) is 2. The Hall–Kier alpha value is -1.68. The molecule has 0 fully saturated rings. The van der Waals surface area contributed by atoms with Crippen LogP contribution in [0.2, 0.25) is 0 Å². The van der Waals surface area contributed by atoms with Gasteiger partial charge in [-0.2, -0.15) is 10.1 Å². The van der Waals surface area contributed by atoms with Crippen LogP contribution in [0.4, 0.5) is 5.69 Å². The van der Waals surface area contributed by atoms with Crippen molar-refractivity contribution in [3.8, 4) is 0 Å². The maximum Gasteiger partial charge on any atom is 0.256 e. The van der Waals surface area contributed by atoms with Crippen molar-refractivity contribution in [3.63, 3.8) is 0 Å². The molecule has 1 amide bonds. The lowest BCUT2D eigenvalue weighted by Crippen LogP contribution is -2.29. The number of hydrogen-bond donors (Lipinski definition) is 1. The van der Waals surface area contributed by atoms with Crippen molar-refractivity contribution < 1.29 is 4.79 Å². The van der Waals surface area contributed by atoms with Crippen molar-refractivity contribution in [3.05, 3.63) is 28.8 Å². The first-order valence-electron chi connectivity index (χ1n) is 6.62. The van der Waals surface area contributed by atoms with Gasteiger partial charge in [0.05, 0.1) is 11.6 Å². The summed E-state index contributed by atoms with van der Waals surface area (Å²) in [4.78, 5) is 12.5. The molecule has 0 saturated heterocycles. The van der Waals surface area contributed by atoms with Crippen molar-refractivity contribution in [2.24, 2.45) is 16.8 Å². The molecule has 0 aliphatic carbocycles. The molecule has 0 radical (unpaired) electrons. The predicted octanol–water partition coefficient (Wildman–Crippen LogP) is 2.30. The number of hydrogen-bond acceptors (Lipinski definition) is 3. The molecule has 1 unspecified atom stereocenters. The number of anilines is 1. The molecule has 1 heterocycles. The molecule has 0 saturated carbocycles. The van der Waals surface area contributed by atoms with Crippen LogP contribution < -0.4 is 10.7 Å². The van der Waals surface area contributed by atoms with Gasteiger partial charge in [-0.3, -0.25) is 4.79 Å². The van der Waals surface area contributed by atoms with E-state index in [4.69, 9.17) is 5.73 Å². The Bertz CT molecular complexity index is 525. The molecule has 0 bridgehead atoms. The zero-order valence-electron chi connectivity index (χ0n) is 12.0. The first kappa shape index (κ1) is 13.7. The second-order valence-corrected chi connectivity index (χ2v) is 5.27. The molecule has 2 N–H and O–H groups in total. The van der Waals surface area contributed by atoms with E-state index < -0.39 is 0 Å². The first-order valence-corrected chi connectivity index (χ1v) is 6.62. The van der Waals surface area contributed by atoms with E-state index in [0.29, 0.717) is 13.0 Å². The molecular formula is C15H21N3O. The van der Waals surface area contributed by atoms with Crippen molar-refractivity contribution in [1.82, 2.24) is 0 Å². The number of aryl methyl sites for hydroxylation is 3. The largest absolute Gasteiger partial charge is 0.330 e. The average Bonchev–Trinajstić information content (AvgIpc) is 2.56. The van der Waals surface area contributed by atoms with Crippen molar-refractivity contribution >= 4 is 17.3 Å². The van der Waals surface area contributed by atoms with Gasteiger partial charge in [0.25, 0.3) is 5.91 Å². The van der Waals surface area contributed by atoms with Gasteiger partial charge in [0.1, 0.15) is 0 Å². The summed E-state index contributed by atoms with van der Waals surface area (Å²) >= 11 is 0. The Morgan fingerprint density at radius 2 is 1.79 bits per heavy atom. The van der Waals surface area contributed by atoms with E-state index >= 15 is 0 Å². The third kappa shape index (κ3) is 2.40. The maximum atomic E-state index is 12.5. The van der Waals surface area contributed by atoms with Crippen LogP contribution in [-0.2, 0) is 4.79 Å². The molecule has 0 aromatic heterocycles. The van der Waals surface area contributed by atoms with Crippen molar-refractivity contribution in [2.75, 3.05) is 11.6 Å². The van der Waals surface area contributed by atoms with Crippen molar-refractivity contribution in [1.29, 1.82) is 0 Å². The quantitative estimate of drug-likeness (QED) is 0.905. The summed E-state index contributed by atoms with van der Waals surface area (Å²) in [5.41, 5.74) is 10.7. The van der Waals surface area contributed by atoms with Gasteiger partial charge in [-0.05, 0) is 51.8 Å². The molecule has 19 heavy (non-hydrogen) atoms. The molecule has 4 heteroatoms. The molecule has 4 nitrogen and oxygen atoms in total. The van der Waals surface area contributed by atoms with Crippen LogP contribution in [0, 0.1) is 26.7 Å². The van der Waals surface area contributed by atoms with Gasteiger partial charge < -0.3 is 5.73 Å². The summed E-state index contributed by atoms with van der Waals surface area (Å²) in [5.74, 6) is -0.122. The van der Waals surface area contributed by atoms with Crippen LogP contribution in [0.3, 0.4) is 0 Å². The second kappa shape index (κ2) is 5.13. The van der Waals surface area contributed by atoms with E-state index in [-0.39, 0.29) is 11.8 Å². The monoisotopic (exact) mass is 259 g/mol. The van der Waals surface area contributed by atoms with E-state index in [1.165, 1.54) is 5.56 Å². The van der Waals surface area contributed by atoms with E-state index in [1.54, 1.807) is 5.01 Å². The Labute approximate surface area is 114 Å². The highest BCUT2D eigenvalue weighted by Crippen LogP contribution is 2.31. The summed E-state index contributed by atoms with van der Waals surface area (Å²) in [6, 6.07) is 4.16. The lowest BCUT2D eigenvalue weighted by molar-refractivity contribution is -0.119. The third-order valence-corrected chi connectivity index (χ3v) is 3.57. The van der Waals surface area contributed by atoms with Crippen molar-refractivity contribution in [2.45, 2.75) is 34.1 Å². The van der Waals surface area contributed by atoms with Crippen LogP contribution in [0.15, 0.2) is 17.2 Å². The minimum Gasteiger partial charge on any atom is -0.330 e. The number of benzene rings is 1. The SMILES string of the molecule is CC1=NN(c2c(C)cc(C)cc2C)C(=O)C1CCN. The summed E-state index contributed by atoms with van der Waals surface area (Å²) in [7, 11) is 0.